The molecule has 4 heteroatoms. The molecule has 0 aromatic carbocycles. The topological polar surface area (TPSA) is 33.1 Å². The summed E-state index contributed by atoms with van der Waals surface area (Å²) in [5.74, 6) is 1.18. The fourth-order valence-corrected chi connectivity index (χ4v) is 3.72. The predicted molar refractivity (Wildman–Crippen MR) is 90.6 cm³/mol. The van der Waals surface area contributed by atoms with E-state index < -0.39 is 0 Å². The summed E-state index contributed by atoms with van der Waals surface area (Å²) in [5.41, 5.74) is 0.123. The SMILES string of the molecule is CCNC(c1nccn1CC)C(CC)(CC)N(CC)CC. The maximum atomic E-state index is 4.69. The molecule has 0 bridgehead atoms. The van der Waals surface area contributed by atoms with Crippen LogP contribution in [0, 0.1) is 0 Å². The fraction of sp³-hybridized carbons (Fsp3) is 0.824. The van der Waals surface area contributed by atoms with Crippen LogP contribution in [-0.2, 0) is 6.54 Å². The maximum Gasteiger partial charge on any atom is 0.127 e. The Balaban J connectivity index is 3.32. The zero-order valence-electron chi connectivity index (χ0n) is 14.8. The first-order chi connectivity index (χ1) is 10.1. The average Bonchev–Trinajstić information content (AvgIpc) is 2.99. The van der Waals surface area contributed by atoms with Gasteiger partial charge in [0, 0.05) is 24.5 Å². The van der Waals surface area contributed by atoms with Crippen molar-refractivity contribution in [2.75, 3.05) is 19.6 Å². The zero-order chi connectivity index (χ0) is 15.9. The van der Waals surface area contributed by atoms with Crippen molar-refractivity contribution in [3.63, 3.8) is 0 Å². The van der Waals surface area contributed by atoms with Crippen LogP contribution < -0.4 is 5.32 Å². The van der Waals surface area contributed by atoms with Crippen LogP contribution in [0.5, 0.6) is 0 Å². The van der Waals surface area contributed by atoms with Crippen molar-refractivity contribution < 1.29 is 0 Å². The third kappa shape index (κ3) is 3.49. The van der Waals surface area contributed by atoms with Gasteiger partial charge < -0.3 is 9.88 Å². The molecular weight excluding hydrogens is 260 g/mol. The first kappa shape index (κ1) is 18.2. The number of aryl methyl sites for hydroxylation is 1. The number of likely N-dealkylation sites (N-methyl/N-ethyl adjacent to an activating group) is 2. The molecule has 0 fully saturated rings. The van der Waals surface area contributed by atoms with Gasteiger partial charge in [-0.15, -0.1) is 0 Å². The van der Waals surface area contributed by atoms with Crippen LogP contribution in [0.25, 0.3) is 0 Å². The van der Waals surface area contributed by atoms with Crippen LogP contribution in [0.15, 0.2) is 12.4 Å². The average molecular weight is 294 g/mol. The largest absolute Gasteiger partial charge is 0.334 e. The van der Waals surface area contributed by atoms with Crippen molar-refractivity contribution in [2.45, 2.75) is 72.5 Å². The summed E-state index contributed by atoms with van der Waals surface area (Å²) in [6.45, 7) is 17.6. The van der Waals surface area contributed by atoms with Crippen molar-refractivity contribution in [3.8, 4) is 0 Å². The summed E-state index contributed by atoms with van der Waals surface area (Å²) in [6, 6.07) is 0.271. The van der Waals surface area contributed by atoms with E-state index in [1.807, 2.05) is 6.20 Å². The molecule has 1 unspecified atom stereocenters. The lowest BCUT2D eigenvalue weighted by Crippen LogP contribution is -2.56. The number of hydrogen-bond donors (Lipinski definition) is 1. The van der Waals surface area contributed by atoms with E-state index in [0.717, 1.165) is 39.0 Å². The Hall–Kier alpha value is -0.870. The first-order valence-electron chi connectivity index (χ1n) is 8.64. The number of nitrogens with zero attached hydrogens (tertiary/aromatic N) is 3. The van der Waals surface area contributed by atoms with Crippen molar-refractivity contribution in [1.82, 2.24) is 19.8 Å². The van der Waals surface area contributed by atoms with Gasteiger partial charge in [0.1, 0.15) is 5.82 Å². The lowest BCUT2D eigenvalue weighted by Gasteiger charge is -2.48. The lowest BCUT2D eigenvalue weighted by molar-refractivity contribution is 0.0450. The molecule has 1 aromatic heterocycles. The molecule has 1 N–H and O–H groups in total. The highest BCUT2D eigenvalue weighted by Gasteiger charge is 2.42. The molecule has 0 saturated carbocycles. The standard InChI is InChI=1S/C17H34N4/c1-7-17(8-2,21(11-5)12-6)15(18-9-3)16-19-13-14-20(16)10-4/h13-15,18H,7-12H2,1-6H3. The molecular formula is C17H34N4. The van der Waals surface area contributed by atoms with Gasteiger partial charge in [-0.2, -0.15) is 0 Å². The molecule has 1 rings (SSSR count). The second-order valence-electron chi connectivity index (χ2n) is 5.55. The number of aromatic nitrogens is 2. The molecule has 21 heavy (non-hydrogen) atoms. The Labute approximate surface area is 130 Å². The minimum Gasteiger partial charge on any atom is -0.334 e. The van der Waals surface area contributed by atoms with Gasteiger partial charge in [-0.25, -0.2) is 4.98 Å². The summed E-state index contributed by atoms with van der Waals surface area (Å²) >= 11 is 0. The molecule has 0 aliphatic rings. The van der Waals surface area contributed by atoms with Crippen molar-refractivity contribution in [2.24, 2.45) is 0 Å². The van der Waals surface area contributed by atoms with E-state index >= 15 is 0 Å². The molecule has 0 saturated heterocycles. The van der Waals surface area contributed by atoms with Crippen LogP contribution in [0.3, 0.4) is 0 Å². The molecule has 1 aromatic rings. The third-order valence-electron chi connectivity index (χ3n) is 4.91. The van der Waals surface area contributed by atoms with E-state index in [1.54, 1.807) is 0 Å². The maximum absolute atomic E-state index is 4.69. The highest BCUT2D eigenvalue weighted by molar-refractivity contribution is 5.11. The predicted octanol–water partition coefficient (Wildman–Crippen LogP) is 3.45. The minimum absolute atomic E-state index is 0.123. The quantitative estimate of drug-likeness (QED) is 0.717. The third-order valence-corrected chi connectivity index (χ3v) is 4.91. The van der Waals surface area contributed by atoms with Gasteiger partial charge in [-0.3, -0.25) is 4.90 Å². The Morgan fingerprint density at radius 3 is 2.19 bits per heavy atom. The summed E-state index contributed by atoms with van der Waals surface area (Å²) in [4.78, 5) is 7.30. The van der Waals surface area contributed by atoms with Gasteiger partial charge in [0.25, 0.3) is 0 Å². The van der Waals surface area contributed by atoms with E-state index in [-0.39, 0.29) is 11.6 Å². The fourth-order valence-electron chi connectivity index (χ4n) is 3.72. The molecule has 0 aliphatic carbocycles. The molecule has 1 heterocycles. The summed E-state index contributed by atoms with van der Waals surface area (Å²) in [5, 5.41) is 3.73. The molecule has 0 aliphatic heterocycles. The smallest absolute Gasteiger partial charge is 0.127 e. The summed E-state index contributed by atoms with van der Waals surface area (Å²) in [6.07, 6.45) is 6.28. The van der Waals surface area contributed by atoms with E-state index in [0.29, 0.717) is 0 Å². The van der Waals surface area contributed by atoms with Crippen molar-refractivity contribution in [1.29, 1.82) is 0 Å². The van der Waals surface area contributed by atoms with Gasteiger partial charge >= 0.3 is 0 Å². The second kappa shape index (κ2) is 8.54. The highest BCUT2D eigenvalue weighted by Crippen LogP contribution is 2.36. The molecule has 0 radical (unpaired) electrons. The summed E-state index contributed by atoms with van der Waals surface area (Å²) in [7, 11) is 0. The van der Waals surface area contributed by atoms with Crippen LogP contribution in [0.2, 0.25) is 0 Å². The van der Waals surface area contributed by atoms with Crippen molar-refractivity contribution in [3.05, 3.63) is 18.2 Å². The first-order valence-corrected chi connectivity index (χ1v) is 8.64. The Kier molecular flexibility index (Phi) is 7.40. The minimum atomic E-state index is 0.123. The lowest BCUT2D eigenvalue weighted by atomic mass is 9.81. The molecule has 0 spiro atoms. The van der Waals surface area contributed by atoms with Gasteiger partial charge in [0.2, 0.25) is 0 Å². The van der Waals surface area contributed by atoms with Crippen LogP contribution >= 0.6 is 0 Å². The Morgan fingerprint density at radius 2 is 1.76 bits per heavy atom. The second-order valence-corrected chi connectivity index (χ2v) is 5.55. The van der Waals surface area contributed by atoms with Crippen molar-refractivity contribution >= 4 is 0 Å². The Morgan fingerprint density at radius 1 is 1.14 bits per heavy atom. The van der Waals surface area contributed by atoms with E-state index in [4.69, 9.17) is 4.98 Å². The van der Waals surface area contributed by atoms with Crippen LogP contribution in [0.4, 0.5) is 0 Å². The number of imidazole rings is 1. The van der Waals surface area contributed by atoms with Crippen LogP contribution in [0.1, 0.15) is 66.3 Å². The molecule has 1 atom stereocenters. The molecule has 122 valence electrons. The van der Waals surface area contributed by atoms with Gasteiger partial charge in [0.15, 0.2) is 0 Å². The molecule has 4 nitrogen and oxygen atoms in total. The van der Waals surface area contributed by atoms with E-state index in [1.165, 1.54) is 5.82 Å². The number of nitrogens with one attached hydrogen (secondary N) is 1. The van der Waals surface area contributed by atoms with E-state index in [2.05, 4.69) is 62.5 Å². The van der Waals surface area contributed by atoms with Gasteiger partial charge in [-0.05, 0) is 39.4 Å². The van der Waals surface area contributed by atoms with Gasteiger partial charge in [-0.1, -0.05) is 34.6 Å². The normalized spacial score (nSPS) is 13.9. The highest BCUT2D eigenvalue weighted by atomic mass is 15.2. The number of rotatable bonds is 10. The monoisotopic (exact) mass is 294 g/mol. The Bertz CT molecular complexity index is 391. The van der Waals surface area contributed by atoms with E-state index in [9.17, 15) is 0 Å². The molecule has 0 amide bonds. The number of hydrogen-bond acceptors (Lipinski definition) is 3. The zero-order valence-corrected chi connectivity index (χ0v) is 14.8. The summed E-state index contributed by atoms with van der Waals surface area (Å²) < 4.78 is 2.27. The van der Waals surface area contributed by atoms with Crippen LogP contribution in [-0.4, -0.2) is 39.6 Å². The van der Waals surface area contributed by atoms with Gasteiger partial charge in [0.05, 0.1) is 6.04 Å².